The van der Waals surface area contributed by atoms with Crippen molar-refractivity contribution < 1.29 is 40.5 Å². The number of fused-ring (bicyclic) bond motifs is 8. The first-order valence-electron chi connectivity index (χ1n) is 13.8. The van der Waals surface area contributed by atoms with Crippen molar-refractivity contribution in [3.05, 3.63) is 0 Å². The molecule has 0 unspecified atom stereocenters. The molecular weight excluding hydrogens is 466 g/mol. The number of aliphatic hydroxyl groups excluding tert-OH is 2. The second-order valence-electron chi connectivity index (χ2n) is 13.9. The smallest absolute Gasteiger partial charge is 0.164 e. The van der Waals surface area contributed by atoms with E-state index in [9.17, 15) is 40.5 Å². The molecule has 9 nitrogen and oxygen atoms in total. The molecule has 2 aliphatic heterocycles. The van der Waals surface area contributed by atoms with E-state index in [4.69, 9.17) is 0 Å². The topological polar surface area (TPSA) is 162 Å². The molecule has 9 heteroatoms. The van der Waals surface area contributed by atoms with Crippen molar-refractivity contribution in [2.24, 2.45) is 29.1 Å². The Labute approximate surface area is 212 Å². The molecule has 0 amide bonds. The summed E-state index contributed by atoms with van der Waals surface area (Å²) < 4.78 is 0. The Hall–Kier alpha value is -0.650. The zero-order chi connectivity index (χ0) is 26.3. The van der Waals surface area contributed by atoms with Gasteiger partial charge in [-0.25, -0.2) is 0 Å². The Morgan fingerprint density at radius 2 is 1.53 bits per heavy atom. The SMILES string of the molecule is C[C@H]1CC[C@@H]2N(C1)C[C@@H]1[C@](O)([C@@H](O)C[C@@]3(O)[C@@H]4CC[C@@H]5C(=O)[C@@H](O)CC[C@]5(C)[C@@]4(O)C[C@@]13O)[C@]2(C)O. The molecule has 204 valence electrons. The molecule has 0 bridgehead atoms. The zero-order valence-electron chi connectivity index (χ0n) is 21.6. The average Bonchev–Trinajstić information content (AvgIpc) is 2.97. The molecule has 2 heterocycles. The molecule has 36 heavy (non-hydrogen) atoms. The minimum Gasteiger partial charge on any atom is -0.390 e. The maximum absolute atomic E-state index is 13.0. The number of Topliss-reactive ketones (excluding diaryl/α,β-unsaturated/α-hetero) is 1. The number of hydrogen-bond donors (Lipinski definition) is 7. The van der Waals surface area contributed by atoms with Crippen LogP contribution in [0.4, 0.5) is 0 Å². The molecule has 0 spiro atoms. The van der Waals surface area contributed by atoms with Crippen LogP contribution in [0.15, 0.2) is 0 Å². The third kappa shape index (κ3) is 2.62. The minimum atomic E-state index is -2.08. The Kier molecular flexibility index (Phi) is 5.19. The zero-order valence-corrected chi connectivity index (χ0v) is 21.6. The van der Waals surface area contributed by atoms with Crippen LogP contribution in [0.1, 0.15) is 72.1 Å². The molecule has 0 radical (unpaired) electrons. The molecule has 6 rings (SSSR count). The highest BCUT2D eigenvalue weighted by Crippen LogP contribution is 2.71. The van der Waals surface area contributed by atoms with Gasteiger partial charge in [-0.1, -0.05) is 13.8 Å². The molecule has 13 atom stereocenters. The second-order valence-corrected chi connectivity index (χ2v) is 13.9. The number of hydrogen-bond acceptors (Lipinski definition) is 9. The van der Waals surface area contributed by atoms with Crippen molar-refractivity contribution in [3.63, 3.8) is 0 Å². The van der Waals surface area contributed by atoms with Crippen molar-refractivity contribution in [2.75, 3.05) is 13.1 Å². The Balaban J connectivity index is 1.47. The molecule has 4 aliphatic carbocycles. The molecule has 0 aromatic rings. The quantitative estimate of drug-likeness (QED) is 0.224. The van der Waals surface area contributed by atoms with Crippen molar-refractivity contribution in [1.82, 2.24) is 4.90 Å². The van der Waals surface area contributed by atoms with E-state index in [1.165, 1.54) is 6.92 Å². The van der Waals surface area contributed by atoms with Crippen LogP contribution in [0, 0.1) is 29.1 Å². The molecule has 4 saturated carbocycles. The lowest BCUT2D eigenvalue weighted by molar-refractivity contribution is -0.354. The normalized spacial score (nSPS) is 63.1. The first-order chi connectivity index (χ1) is 16.6. The predicted molar refractivity (Wildman–Crippen MR) is 127 cm³/mol. The van der Waals surface area contributed by atoms with E-state index in [2.05, 4.69) is 11.8 Å². The maximum atomic E-state index is 13.0. The van der Waals surface area contributed by atoms with Crippen LogP contribution >= 0.6 is 0 Å². The van der Waals surface area contributed by atoms with Gasteiger partial charge < -0.3 is 35.7 Å². The van der Waals surface area contributed by atoms with Crippen LogP contribution in [-0.4, -0.2) is 106 Å². The number of nitrogens with zero attached hydrogens (tertiary/aromatic N) is 1. The van der Waals surface area contributed by atoms with Crippen LogP contribution < -0.4 is 0 Å². The van der Waals surface area contributed by atoms with Gasteiger partial charge in [0.1, 0.15) is 28.5 Å². The molecule has 2 saturated heterocycles. The van der Waals surface area contributed by atoms with Gasteiger partial charge in [0.05, 0.1) is 11.7 Å². The second kappa shape index (κ2) is 7.30. The first kappa shape index (κ1) is 25.6. The number of carbonyl (C=O) groups excluding carboxylic acids is 1. The number of rotatable bonds is 0. The fourth-order valence-electron chi connectivity index (χ4n) is 10.4. The van der Waals surface area contributed by atoms with Crippen molar-refractivity contribution in [3.8, 4) is 0 Å². The fraction of sp³-hybridized carbons (Fsp3) is 0.963. The van der Waals surface area contributed by atoms with Gasteiger partial charge in [-0.3, -0.25) is 9.69 Å². The highest BCUT2D eigenvalue weighted by Gasteiger charge is 2.84. The van der Waals surface area contributed by atoms with E-state index in [0.29, 0.717) is 31.7 Å². The van der Waals surface area contributed by atoms with Crippen LogP contribution in [-0.2, 0) is 4.79 Å². The van der Waals surface area contributed by atoms with E-state index >= 15 is 0 Å². The standard InChI is InChI=1S/C27H43NO8/c1-14-4-7-19-23(3,32)27(36)18(12-28(19)11-14)26(35)13-25(34)17(24(26,33)10-20(27)30)6-5-15-21(31)16(29)8-9-22(15,25)2/h14-20,29-30,32-36H,4-13H2,1-3H3/t14-,15+,16-,17-,18-,19-,20-,22-,23+,24+,25+,26+,27-/m0/s1. The van der Waals surface area contributed by atoms with Gasteiger partial charge in [0.15, 0.2) is 5.78 Å². The highest BCUT2D eigenvalue weighted by molar-refractivity contribution is 5.87. The van der Waals surface area contributed by atoms with Crippen molar-refractivity contribution in [2.45, 2.75) is 118 Å². The van der Waals surface area contributed by atoms with Gasteiger partial charge in [-0.05, 0) is 51.4 Å². The van der Waals surface area contributed by atoms with Crippen LogP contribution in [0.2, 0.25) is 0 Å². The first-order valence-corrected chi connectivity index (χ1v) is 13.8. The molecule has 6 fully saturated rings. The summed E-state index contributed by atoms with van der Waals surface area (Å²) in [4.78, 5) is 15.0. The van der Waals surface area contributed by atoms with Gasteiger partial charge in [0.2, 0.25) is 0 Å². The minimum absolute atomic E-state index is 0.179. The lowest BCUT2D eigenvalue weighted by Gasteiger charge is -2.68. The van der Waals surface area contributed by atoms with E-state index < -0.39 is 69.4 Å². The summed E-state index contributed by atoms with van der Waals surface area (Å²) in [5.74, 6) is -2.47. The monoisotopic (exact) mass is 509 g/mol. The number of piperidine rings is 2. The molecule has 0 aromatic heterocycles. The highest BCUT2D eigenvalue weighted by atomic mass is 16.4. The summed E-state index contributed by atoms with van der Waals surface area (Å²) in [6.45, 7) is 6.31. The molecule has 6 aliphatic rings. The molecule has 7 N–H and O–H groups in total. The predicted octanol–water partition coefficient (Wildman–Crippen LogP) is -0.683. The van der Waals surface area contributed by atoms with Gasteiger partial charge in [-0.15, -0.1) is 0 Å². The number of carbonyl (C=O) groups is 1. The van der Waals surface area contributed by atoms with E-state index in [1.54, 1.807) is 0 Å². The van der Waals surface area contributed by atoms with E-state index in [0.717, 1.165) is 6.42 Å². The maximum Gasteiger partial charge on any atom is 0.164 e. The largest absolute Gasteiger partial charge is 0.390 e. The number of ketones is 1. The number of aliphatic hydroxyl groups is 7. The lowest BCUT2D eigenvalue weighted by Crippen LogP contribution is -2.85. The average molecular weight is 510 g/mol. The molecule has 0 aromatic carbocycles. The van der Waals surface area contributed by atoms with Gasteiger partial charge in [0.25, 0.3) is 0 Å². The van der Waals surface area contributed by atoms with Crippen LogP contribution in [0.3, 0.4) is 0 Å². The van der Waals surface area contributed by atoms with E-state index in [-0.39, 0.29) is 38.0 Å². The van der Waals surface area contributed by atoms with Gasteiger partial charge >= 0.3 is 0 Å². The third-order valence-electron chi connectivity index (χ3n) is 12.5. The van der Waals surface area contributed by atoms with Crippen molar-refractivity contribution >= 4 is 5.78 Å². The van der Waals surface area contributed by atoms with Gasteiger partial charge in [-0.2, -0.15) is 0 Å². The summed E-state index contributed by atoms with van der Waals surface area (Å²) >= 11 is 0. The lowest BCUT2D eigenvalue weighted by atomic mass is 9.48. The Morgan fingerprint density at radius 1 is 0.833 bits per heavy atom. The van der Waals surface area contributed by atoms with E-state index in [1.807, 2.05) is 6.92 Å². The summed E-state index contributed by atoms with van der Waals surface area (Å²) in [6, 6.07) is -0.398. The summed E-state index contributed by atoms with van der Waals surface area (Å²) in [6.07, 6.45) is -0.498. The van der Waals surface area contributed by atoms with Crippen LogP contribution in [0.25, 0.3) is 0 Å². The Morgan fingerprint density at radius 3 is 2.22 bits per heavy atom. The summed E-state index contributed by atoms with van der Waals surface area (Å²) in [7, 11) is 0. The van der Waals surface area contributed by atoms with Crippen LogP contribution in [0.5, 0.6) is 0 Å². The van der Waals surface area contributed by atoms with Gasteiger partial charge in [0, 0.05) is 55.1 Å². The summed E-state index contributed by atoms with van der Waals surface area (Å²) in [5, 5.41) is 82.9. The summed E-state index contributed by atoms with van der Waals surface area (Å²) in [5.41, 5.74) is -10.4. The fourth-order valence-corrected chi connectivity index (χ4v) is 10.4. The van der Waals surface area contributed by atoms with Crippen molar-refractivity contribution in [1.29, 1.82) is 0 Å². The Bertz CT molecular complexity index is 975. The third-order valence-corrected chi connectivity index (χ3v) is 12.5. The molecular formula is C27H43NO8.